The van der Waals surface area contributed by atoms with E-state index in [-0.39, 0.29) is 24.3 Å². The van der Waals surface area contributed by atoms with Gasteiger partial charge in [0.1, 0.15) is 6.04 Å². The molecule has 1 spiro atoms. The van der Waals surface area contributed by atoms with Gasteiger partial charge in [0.15, 0.2) is 0 Å². The van der Waals surface area contributed by atoms with E-state index in [4.69, 9.17) is 0 Å². The number of thioether (sulfide) groups is 1. The van der Waals surface area contributed by atoms with Gasteiger partial charge in [-0.25, -0.2) is 0 Å². The van der Waals surface area contributed by atoms with Crippen LogP contribution >= 0.6 is 11.8 Å². The minimum atomic E-state index is -0.811. The van der Waals surface area contributed by atoms with Crippen molar-refractivity contribution < 1.29 is 19.5 Å². The Hall–Kier alpha value is -3.36. The van der Waals surface area contributed by atoms with Crippen molar-refractivity contribution in [3.63, 3.8) is 0 Å². The number of likely N-dealkylation sites (tertiary alicyclic amines) is 1. The number of hydrogen-bond acceptors (Lipinski definition) is 5. The Morgan fingerprint density at radius 1 is 1.02 bits per heavy atom. The Bertz CT molecular complexity index is 1340. The van der Waals surface area contributed by atoms with Crippen LogP contribution in [0.4, 0.5) is 0 Å². The van der Waals surface area contributed by atoms with Gasteiger partial charge in [-0.15, -0.1) is 24.9 Å². The molecule has 3 amide bonds. The third-order valence-corrected chi connectivity index (χ3v) is 11.3. The van der Waals surface area contributed by atoms with Crippen LogP contribution in [-0.4, -0.2) is 85.8 Å². The molecule has 3 fully saturated rings. The number of carbonyl (C=O) groups is 3. The number of aliphatic hydroxyl groups excluding tert-OH is 1. The molecule has 6 atom stereocenters. The molecule has 5 rings (SSSR count). The average Bonchev–Trinajstić information content (AvgIpc) is 3.56. The van der Waals surface area contributed by atoms with Gasteiger partial charge in [-0.3, -0.25) is 14.4 Å². The summed E-state index contributed by atoms with van der Waals surface area (Å²) in [6.45, 7) is 10.6. The molecule has 8 heteroatoms. The van der Waals surface area contributed by atoms with E-state index >= 15 is 0 Å². The maximum atomic E-state index is 14.8. The molecule has 2 aromatic rings. The van der Waals surface area contributed by atoms with Gasteiger partial charge in [0, 0.05) is 31.4 Å². The summed E-state index contributed by atoms with van der Waals surface area (Å²) < 4.78 is -1.23. The van der Waals surface area contributed by atoms with Crippen LogP contribution in [0, 0.1) is 11.8 Å². The van der Waals surface area contributed by atoms with Crippen molar-refractivity contribution in [2.45, 2.75) is 54.3 Å². The lowest BCUT2D eigenvalue weighted by atomic mass is 9.66. The Morgan fingerprint density at radius 3 is 2.24 bits per heavy atom. The maximum Gasteiger partial charge on any atom is 0.247 e. The molecular formula is C34H41N3O4S. The van der Waals surface area contributed by atoms with Crippen LogP contribution in [0.1, 0.15) is 30.9 Å². The zero-order valence-corrected chi connectivity index (χ0v) is 25.3. The Kier molecular flexibility index (Phi) is 8.67. The summed E-state index contributed by atoms with van der Waals surface area (Å²) in [5.41, 5.74) is 1.95. The summed E-state index contributed by atoms with van der Waals surface area (Å²) in [7, 11) is 1.74. The van der Waals surface area contributed by atoms with Gasteiger partial charge >= 0.3 is 0 Å². The summed E-state index contributed by atoms with van der Waals surface area (Å²) in [6.07, 6.45) is 5.20. The molecule has 2 aromatic carbocycles. The van der Waals surface area contributed by atoms with E-state index < -0.39 is 33.4 Å². The van der Waals surface area contributed by atoms with Crippen molar-refractivity contribution in [2.75, 3.05) is 26.7 Å². The molecule has 0 saturated carbocycles. The Labute approximate surface area is 253 Å². The fourth-order valence-electron chi connectivity index (χ4n) is 7.44. The molecule has 3 aliphatic rings. The normalized spacial score (nSPS) is 28.3. The SMILES string of the molecule is C=CCN(C)C(=O)[C@@H]1[C@H]2C(=O)N([C@@H](CO)Cc3ccccc3)C(C(=O)N(CC=C)Cc3ccccc3)C23CC[C@@]1(C)S3. The number of carbonyl (C=O) groups excluding carboxylic acids is 3. The second-order valence-electron chi connectivity index (χ2n) is 12.0. The van der Waals surface area contributed by atoms with Crippen molar-refractivity contribution in [3.8, 4) is 0 Å². The summed E-state index contributed by atoms with van der Waals surface area (Å²) in [5, 5.41) is 10.7. The molecular weight excluding hydrogens is 546 g/mol. The monoisotopic (exact) mass is 587 g/mol. The number of likely N-dealkylation sites (N-methyl/N-ethyl adjacent to an activating group) is 1. The highest BCUT2D eigenvalue weighted by Crippen LogP contribution is 2.72. The average molecular weight is 588 g/mol. The lowest BCUT2D eigenvalue weighted by Gasteiger charge is -2.39. The van der Waals surface area contributed by atoms with Crippen LogP contribution in [0.5, 0.6) is 0 Å². The van der Waals surface area contributed by atoms with Crippen molar-refractivity contribution in [3.05, 3.63) is 97.1 Å². The molecule has 7 nitrogen and oxygen atoms in total. The topological polar surface area (TPSA) is 81.2 Å². The van der Waals surface area contributed by atoms with Crippen molar-refractivity contribution in [1.29, 1.82) is 0 Å². The van der Waals surface area contributed by atoms with E-state index in [0.29, 0.717) is 32.5 Å². The highest BCUT2D eigenvalue weighted by Gasteiger charge is 2.78. The van der Waals surface area contributed by atoms with E-state index in [1.807, 2.05) is 60.7 Å². The number of benzene rings is 2. The fraction of sp³-hybridized carbons (Fsp3) is 0.441. The van der Waals surface area contributed by atoms with Gasteiger partial charge < -0.3 is 19.8 Å². The molecule has 3 heterocycles. The number of nitrogens with zero attached hydrogens (tertiary/aromatic N) is 3. The van der Waals surface area contributed by atoms with Gasteiger partial charge in [0.2, 0.25) is 17.7 Å². The number of hydrogen-bond donors (Lipinski definition) is 1. The van der Waals surface area contributed by atoms with Crippen molar-refractivity contribution in [1.82, 2.24) is 14.7 Å². The fourth-order valence-corrected chi connectivity index (χ4v) is 9.77. The molecule has 0 radical (unpaired) electrons. The summed E-state index contributed by atoms with van der Waals surface area (Å²) in [6, 6.07) is 18.1. The zero-order valence-electron chi connectivity index (χ0n) is 24.5. The molecule has 3 saturated heterocycles. The quantitative estimate of drug-likeness (QED) is 0.381. The zero-order chi connectivity index (χ0) is 30.1. The molecule has 2 unspecified atom stereocenters. The van der Waals surface area contributed by atoms with Gasteiger partial charge in [-0.2, -0.15) is 0 Å². The second-order valence-corrected chi connectivity index (χ2v) is 13.9. The van der Waals surface area contributed by atoms with Crippen LogP contribution in [-0.2, 0) is 27.3 Å². The first-order valence-electron chi connectivity index (χ1n) is 14.7. The van der Waals surface area contributed by atoms with E-state index in [9.17, 15) is 19.5 Å². The smallest absolute Gasteiger partial charge is 0.247 e. The third kappa shape index (κ3) is 5.09. The molecule has 42 heavy (non-hydrogen) atoms. The summed E-state index contributed by atoms with van der Waals surface area (Å²) in [5.74, 6) is -1.67. The largest absolute Gasteiger partial charge is 0.394 e. The Balaban J connectivity index is 1.59. The van der Waals surface area contributed by atoms with Crippen LogP contribution < -0.4 is 0 Å². The molecule has 1 N–H and O–H groups in total. The predicted octanol–water partition coefficient (Wildman–Crippen LogP) is 3.93. The van der Waals surface area contributed by atoms with Crippen molar-refractivity contribution in [2.24, 2.45) is 11.8 Å². The number of fused-ring (bicyclic) bond motifs is 1. The summed E-state index contributed by atoms with van der Waals surface area (Å²) in [4.78, 5) is 48.5. The molecule has 3 aliphatic heterocycles. The lowest BCUT2D eigenvalue weighted by molar-refractivity contribution is -0.147. The first-order valence-corrected chi connectivity index (χ1v) is 15.5. The van der Waals surface area contributed by atoms with E-state index in [1.54, 1.807) is 45.7 Å². The number of amides is 3. The minimum absolute atomic E-state index is 0.0892. The van der Waals surface area contributed by atoms with Crippen LogP contribution in [0.15, 0.2) is 86.0 Å². The first-order chi connectivity index (χ1) is 20.2. The highest BCUT2D eigenvalue weighted by molar-refractivity contribution is 8.02. The van der Waals surface area contributed by atoms with Gasteiger partial charge in [-0.1, -0.05) is 72.8 Å². The number of aliphatic hydroxyl groups is 1. The minimum Gasteiger partial charge on any atom is -0.394 e. The van der Waals surface area contributed by atoms with E-state index in [2.05, 4.69) is 20.1 Å². The van der Waals surface area contributed by atoms with Gasteiger partial charge in [-0.05, 0) is 37.3 Å². The molecule has 222 valence electrons. The first kappa shape index (κ1) is 30.1. The van der Waals surface area contributed by atoms with Crippen LogP contribution in [0.25, 0.3) is 0 Å². The Morgan fingerprint density at radius 2 is 1.64 bits per heavy atom. The number of rotatable bonds is 12. The molecule has 0 aliphatic carbocycles. The third-order valence-electron chi connectivity index (χ3n) is 9.29. The lowest BCUT2D eigenvalue weighted by Crippen LogP contribution is -2.57. The highest BCUT2D eigenvalue weighted by atomic mass is 32.2. The van der Waals surface area contributed by atoms with Crippen LogP contribution in [0.3, 0.4) is 0 Å². The standard InChI is InChI=1S/C34H41N3O4S/c1-5-19-35(4)30(39)27-28-31(40)37(26(23-38)21-24-13-9-7-10-14-24)29(34(28)18-17-33(27,3)42-34)32(41)36(20-6-2)22-25-15-11-8-12-16-25/h5-16,26-29,38H,1-2,17-23H2,3-4H3/t26-,27+,28+,29?,33-,34?/m1/s1. The van der Waals surface area contributed by atoms with E-state index in [1.165, 1.54) is 0 Å². The van der Waals surface area contributed by atoms with Gasteiger partial charge in [0.25, 0.3) is 0 Å². The maximum absolute atomic E-state index is 14.8. The summed E-state index contributed by atoms with van der Waals surface area (Å²) >= 11 is 1.65. The molecule has 2 bridgehead atoms. The predicted molar refractivity (Wildman–Crippen MR) is 166 cm³/mol. The van der Waals surface area contributed by atoms with Crippen molar-refractivity contribution >= 4 is 29.5 Å². The van der Waals surface area contributed by atoms with Crippen LogP contribution in [0.2, 0.25) is 0 Å². The van der Waals surface area contributed by atoms with Gasteiger partial charge in [0.05, 0.1) is 29.2 Å². The van der Waals surface area contributed by atoms with E-state index in [0.717, 1.165) is 17.5 Å². The molecule has 0 aromatic heterocycles. The second kappa shape index (κ2) is 12.1.